The van der Waals surface area contributed by atoms with Gasteiger partial charge in [0.15, 0.2) is 0 Å². The van der Waals surface area contributed by atoms with Crippen LogP contribution in [0.15, 0.2) is 146 Å². The van der Waals surface area contributed by atoms with E-state index in [0.717, 1.165) is 53.8 Å². The van der Waals surface area contributed by atoms with Gasteiger partial charge in [0, 0.05) is 0 Å². The van der Waals surface area contributed by atoms with Crippen LogP contribution < -0.4 is 0 Å². The predicted octanol–water partition coefficient (Wildman–Crippen LogP) is 13.3. The average Bonchev–Trinajstić information content (AvgIpc) is 3.20. The Balaban J connectivity index is 1.10. The summed E-state index contributed by atoms with van der Waals surface area (Å²) in [7, 11) is 13.3. The first-order chi connectivity index (χ1) is 26.1. The molecular formula is C45H42As2S6. The zero-order valence-corrected chi connectivity index (χ0v) is 38.2. The van der Waals surface area contributed by atoms with Gasteiger partial charge >= 0.3 is 349 Å². The summed E-state index contributed by atoms with van der Waals surface area (Å²) in [6.45, 7) is 0. The van der Waals surface area contributed by atoms with Crippen molar-refractivity contribution >= 4 is 82.5 Å². The second-order valence-electron chi connectivity index (χ2n) is 13.5. The first-order valence-electron chi connectivity index (χ1n) is 18.0. The normalized spacial score (nSPS) is 18.6. The van der Waals surface area contributed by atoms with E-state index < -0.39 is 22.4 Å². The first kappa shape index (κ1) is 38.4. The first-order valence-corrected chi connectivity index (χ1v) is 37.4. The van der Waals surface area contributed by atoms with Crippen LogP contribution in [0.2, 0.25) is 0 Å². The van der Waals surface area contributed by atoms with Gasteiger partial charge < -0.3 is 0 Å². The topological polar surface area (TPSA) is 0 Å². The number of hydrogen-bond acceptors (Lipinski definition) is 6. The molecule has 268 valence electrons. The SMILES string of the molecule is c1cc2ccc1CS[As]1SCc3ccc(cc3)Cc3ccc(cc3)CS[As](SCc3ccc(cc3)C2)SCc2ccc(cc2)Cc2ccc(cc2)CS1. The van der Waals surface area contributed by atoms with E-state index in [0.29, 0.717) is 0 Å². The van der Waals surface area contributed by atoms with E-state index >= 15 is 0 Å². The van der Waals surface area contributed by atoms with E-state index in [1.165, 1.54) is 66.8 Å². The molecule has 6 aromatic rings. The Bertz CT molecular complexity index is 1640. The standard InChI is InChI=1S/C45H42As2S6/c1-13-40-14-2-34(1)25-35-3-15-41(16-4-35)29-51-47-52-32-44-21-9-38(10-22-44)26-36-5-17-42(18-6-36)30-49-46(48-28-40)50-31-43-19-7-37(8-20-43)27-39-11-23-45(24-12-39)33-53-47/h1-24H,25-33H2. The molecule has 27 aliphatic heterocycles. The van der Waals surface area contributed by atoms with E-state index in [2.05, 4.69) is 206 Å². The van der Waals surface area contributed by atoms with Crippen LogP contribution in [0.25, 0.3) is 0 Å². The molecule has 0 N–H and O–H groups in total. The van der Waals surface area contributed by atoms with Gasteiger partial charge in [-0.05, 0) is 0 Å². The summed E-state index contributed by atoms with van der Waals surface area (Å²) in [4.78, 5) is 0. The molecule has 0 atom stereocenters. The Morgan fingerprint density at radius 2 is 0.340 bits per heavy atom. The van der Waals surface area contributed by atoms with E-state index in [1.807, 2.05) is 0 Å². The fourth-order valence-corrected chi connectivity index (χ4v) is 38.6. The van der Waals surface area contributed by atoms with Gasteiger partial charge in [0.1, 0.15) is 0 Å². The quantitative estimate of drug-likeness (QED) is 0.138. The van der Waals surface area contributed by atoms with Gasteiger partial charge in [0.05, 0.1) is 0 Å². The van der Waals surface area contributed by atoms with Crippen LogP contribution in [0, 0.1) is 0 Å². The van der Waals surface area contributed by atoms with Crippen molar-refractivity contribution < 1.29 is 0 Å². The van der Waals surface area contributed by atoms with Crippen molar-refractivity contribution in [1.82, 2.24) is 0 Å². The van der Waals surface area contributed by atoms with E-state index in [9.17, 15) is 0 Å². The third-order valence-electron chi connectivity index (χ3n) is 9.38. The van der Waals surface area contributed by atoms with Crippen LogP contribution in [0.5, 0.6) is 0 Å². The van der Waals surface area contributed by atoms with Gasteiger partial charge in [-0.25, -0.2) is 0 Å². The Kier molecular flexibility index (Phi) is 14.2. The summed E-state index contributed by atoms with van der Waals surface area (Å²) in [5, 5.41) is 0. The molecule has 0 amide bonds. The molecule has 6 aromatic carbocycles. The minimum atomic E-state index is -1.30. The van der Waals surface area contributed by atoms with Gasteiger partial charge in [0.2, 0.25) is 0 Å². The predicted molar refractivity (Wildman–Crippen MR) is 246 cm³/mol. The summed E-state index contributed by atoms with van der Waals surface area (Å²) < 4.78 is 0. The van der Waals surface area contributed by atoms with Gasteiger partial charge in [-0.3, -0.25) is 0 Å². The molecule has 0 spiro atoms. The summed E-state index contributed by atoms with van der Waals surface area (Å²) >= 11 is -2.61. The molecule has 0 aliphatic carbocycles. The van der Waals surface area contributed by atoms with Gasteiger partial charge in [-0.2, -0.15) is 0 Å². The summed E-state index contributed by atoms with van der Waals surface area (Å²) in [5.74, 6) is 6.52. The van der Waals surface area contributed by atoms with Crippen molar-refractivity contribution in [2.75, 3.05) is 0 Å². The maximum absolute atomic E-state index is 2.37. The van der Waals surface area contributed by atoms with Crippen LogP contribution in [0.1, 0.15) is 66.8 Å². The number of benzene rings is 6. The van der Waals surface area contributed by atoms with Gasteiger partial charge in [0.25, 0.3) is 0 Å². The Hall–Kier alpha value is -1.46. The van der Waals surface area contributed by atoms with Crippen LogP contribution in [0.3, 0.4) is 0 Å². The van der Waals surface area contributed by atoms with E-state index in [1.54, 1.807) is 0 Å². The Labute approximate surface area is 345 Å². The zero-order chi connectivity index (χ0) is 35.7. The average molecular weight is 925 g/mol. The van der Waals surface area contributed by atoms with Crippen molar-refractivity contribution in [3.8, 4) is 0 Å². The zero-order valence-electron chi connectivity index (χ0n) is 29.6. The van der Waals surface area contributed by atoms with Crippen molar-refractivity contribution in [2.24, 2.45) is 0 Å². The van der Waals surface area contributed by atoms with Gasteiger partial charge in [-0.1, -0.05) is 0 Å². The minimum absolute atomic E-state index is 0.989. The fourth-order valence-electron chi connectivity index (χ4n) is 6.21. The van der Waals surface area contributed by atoms with Crippen LogP contribution in [-0.4, -0.2) is 22.4 Å². The molecule has 0 fully saturated rings. The fraction of sp³-hybridized carbons (Fsp3) is 0.200. The van der Waals surface area contributed by atoms with Crippen LogP contribution in [-0.2, 0) is 53.8 Å². The van der Waals surface area contributed by atoms with Crippen molar-refractivity contribution in [3.05, 3.63) is 212 Å². The molecule has 0 radical (unpaired) electrons. The molecule has 27 aliphatic rings. The number of hydrogen-bond donors (Lipinski definition) is 0. The second kappa shape index (κ2) is 19.6. The monoisotopic (exact) mass is 924 g/mol. The molecule has 0 unspecified atom stereocenters. The van der Waals surface area contributed by atoms with Crippen LogP contribution >= 0.6 is 60.1 Å². The summed E-state index contributed by atoms with van der Waals surface area (Å²) in [6.07, 6.45) is 2.97. The molecule has 0 nitrogen and oxygen atoms in total. The molecular weight excluding hydrogens is 883 g/mol. The van der Waals surface area contributed by atoms with Crippen molar-refractivity contribution in [2.45, 2.75) is 53.8 Å². The van der Waals surface area contributed by atoms with Crippen LogP contribution in [0.4, 0.5) is 0 Å². The molecule has 14 bridgehead atoms. The molecule has 0 saturated heterocycles. The maximum atomic E-state index is 2.37. The Morgan fingerprint density at radius 3 is 0.491 bits per heavy atom. The third kappa shape index (κ3) is 11.8. The summed E-state index contributed by atoms with van der Waals surface area (Å²) in [6, 6.07) is 56.8. The van der Waals surface area contributed by atoms with Crippen molar-refractivity contribution in [3.63, 3.8) is 0 Å². The molecule has 8 heteroatoms. The van der Waals surface area contributed by atoms with Gasteiger partial charge in [-0.15, -0.1) is 0 Å². The molecule has 53 heavy (non-hydrogen) atoms. The third-order valence-corrected chi connectivity index (χ3v) is 46.0. The second-order valence-corrected chi connectivity index (χ2v) is 47.0. The molecule has 0 aromatic heterocycles. The molecule has 33 rings (SSSR count). The molecule has 27 heterocycles. The Morgan fingerprint density at radius 1 is 0.208 bits per heavy atom. The molecule has 0 saturated carbocycles. The number of rotatable bonds is 0. The van der Waals surface area contributed by atoms with E-state index in [-0.39, 0.29) is 0 Å². The van der Waals surface area contributed by atoms with E-state index in [4.69, 9.17) is 0 Å². The summed E-state index contributed by atoms with van der Waals surface area (Å²) in [5.41, 5.74) is 17.0. The van der Waals surface area contributed by atoms with Crippen molar-refractivity contribution in [1.29, 1.82) is 0 Å².